The Labute approximate surface area is 103 Å². The van der Waals surface area contributed by atoms with Crippen LogP contribution in [0.3, 0.4) is 0 Å². The van der Waals surface area contributed by atoms with Crippen LogP contribution in [0.2, 0.25) is 0 Å². The second-order valence-corrected chi connectivity index (χ2v) is 6.62. The van der Waals surface area contributed by atoms with E-state index in [-0.39, 0.29) is 13.0 Å². The van der Waals surface area contributed by atoms with Gasteiger partial charge in [-0.25, -0.2) is 0 Å². The van der Waals surface area contributed by atoms with Crippen LogP contribution in [-0.4, -0.2) is 55.3 Å². The molecule has 0 aromatic carbocycles. The average molecular weight is 266 g/mol. The smallest absolute Gasteiger partial charge is 0.304 e. The van der Waals surface area contributed by atoms with E-state index in [2.05, 4.69) is 0 Å². The summed E-state index contributed by atoms with van der Waals surface area (Å²) in [5, 5.41) is 8.51. The molecular formula is C10H22N2O4S. The maximum atomic E-state index is 11.9. The fourth-order valence-corrected chi connectivity index (χ4v) is 2.30. The Bertz CT molecular complexity index is 340. The van der Waals surface area contributed by atoms with Crippen LogP contribution in [0.25, 0.3) is 0 Å². The molecule has 6 nitrogen and oxygen atoms in total. The summed E-state index contributed by atoms with van der Waals surface area (Å²) in [6, 6.07) is 0. The third kappa shape index (κ3) is 5.99. The highest BCUT2D eigenvalue weighted by molar-refractivity contribution is 7.86. The normalized spacial score (nSPS) is 12.6. The predicted molar refractivity (Wildman–Crippen MR) is 65.9 cm³/mol. The van der Waals surface area contributed by atoms with Crippen molar-refractivity contribution in [2.75, 3.05) is 27.2 Å². The van der Waals surface area contributed by atoms with Crippen molar-refractivity contribution in [2.45, 2.75) is 26.7 Å². The zero-order chi connectivity index (χ0) is 13.6. The van der Waals surface area contributed by atoms with Gasteiger partial charge < -0.3 is 5.11 Å². The molecule has 7 heteroatoms. The van der Waals surface area contributed by atoms with Gasteiger partial charge in [-0.2, -0.15) is 17.0 Å². The van der Waals surface area contributed by atoms with Gasteiger partial charge in [0.15, 0.2) is 0 Å². The molecule has 0 amide bonds. The van der Waals surface area contributed by atoms with Gasteiger partial charge in [-0.05, 0) is 12.3 Å². The van der Waals surface area contributed by atoms with Crippen molar-refractivity contribution in [2.24, 2.45) is 5.92 Å². The molecule has 0 unspecified atom stereocenters. The molecule has 0 aliphatic heterocycles. The second kappa shape index (κ2) is 6.93. The van der Waals surface area contributed by atoms with E-state index in [1.807, 2.05) is 13.8 Å². The Morgan fingerprint density at radius 2 is 1.65 bits per heavy atom. The van der Waals surface area contributed by atoms with Crippen LogP contribution in [0, 0.1) is 5.92 Å². The number of hydrogen-bond acceptors (Lipinski definition) is 3. The average Bonchev–Trinajstić information content (AvgIpc) is 2.21. The SMILES string of the molecule is CC(C)CCN(C)S(=O)(=O)N(C)CCC(=O)O. The van der Waals surface area contributed by atoms with Gasteiger partial charge in [0.2, 0.25) is 0 Å². The van der Waals surface area contributed by atoms with E-state index in [1.165, 1.54) is 18.4 Å². The molecule has 0 aliphatic rings. The van der Waals surface area contributed by atoms with Crippen LogP contribution < -0.4 is 0 Å². The summed E-state index contributed by atoms with van der Waals surface area (Å²) in [5.74, 6) is -0.575. The first-order valence-corrected chi connectivity index (χ1v) is 6.97. The fourth-order valence-electron chi connectivity index (χ4n) is 1.16. The number of carbonyl (C=O) groups is 1. The Hall–Kier alpha value is -0.660. The lowest BCUT2D eigenvalue weighted by atomic mass is 10.1. The van der Waals surface area contributed by atoms with Crippen LogP contribution in [0.5, 0.6) is 0 Å². The summed E-state index contributed by atoms with van der Waals surface area (Å²) >= 11 is 0. The summed E-state index contributed by atoms with van der Waals surface area (Å²) in [6.07, 6.45) is 0.594. The highest BCUT2D eigenvalue weighted by atomic mass is 32.2. The highest BCUT2D eigenvalue weighted by Gasteiger charge is 2.23. The van der Waals surface area contributed by atoms with Crippen molar-refractivity contribution in [3.8, 4) is 0 Å². The third-order valence-electron chi connectivity index (χ3n) is 2.45. The van der Waals surface area contributed by atoms with Crippen LogP contribution in [0.15, 0.2) is 0 Å². The lowest BCUT2D eigenvalue weighted by molar-refractivity contribution is -0.137. The molecule has 0 bridgehead atoms. The molecule has 0 atom stereocenters. The molecule has 0 aliphatic carbocycles. The summed E-state index contributed by atoms with van der Waals surface area (Å²) < 4.78 is 26.2. The molecular weight excluding hydrogens is 244 g/mol. The number of rotatable bonds is 8. The fraction of sp³-hybridized carbons (Fsp3) is 0.900. The summed E-state index contributed by atoms with van der Waals surface area (Å²) in [7, 11) is -0.625. The van der Waals surface area contributed by atoms with Crippen molar-refractivity contribution < 1.29 is 18.3 Å². The van der Waals surface area contributed by atoms with Crippen molar-refractivity contribution in [3.05, 3.63) is 0 Å². The number of nitrogens with zero attached hydrogens (tertiary/aromatic N) is 2. The van der Waals surface area contributed by atoms with E-state index in [4.69, 9.17) is 5.11 Å². The zero-order valence-corrected chi connectivity index (χ0v) is 11.7. The summed E-state index contributed by atoms with van der Waals surface area (Å²) in [6.45, 7) is 4.48. The van der Waals surface area contributed by atoms with Gasteiger partial charge in [0.05, 0.1) is 6.42 Å². The first kappa shape index (κ1) is 16.3. The maximum Gasteiger partial charge on any atom is 0.304 e. The molecule has 0 heterocycles. The summed E-state index contributed by atoms with van der Waals surface area (Å²) in [4.78, 5) is 10.4. The van der Waals surface area contributed by atoms with Gasteiger partial charge >= 0.3 is 5.97 Å². The first-order chi connectivity index (χ1) is 7.67. The van der Waals surface area contributed by atoms with Crippen molar-refractivity contribution in [1.29, 1.82) is 0 Å². The molecule has 0 saturated heterocycles. The van der Waals surface area contributed by atoms with Crippen LogP contribution in [0.4, 0.5) is 0 Å². The molecule has 102 valence electrons. The second-order valence-electron chi connectivity index (χ2n) is 4.48. The molecule has 0 radical (unpaired) electrons. The number of carboxylic acids is 1. The Balaban J connectivity index is 4.38. The van der Waals surface area contributed by atoms with Gasteiger partial charge in [0.1, 0.15) is 0 Å². The molecule has 1 N–H and O–H groups in total. The topological polar surface area (TPSA) is 77.9 Å². The minimum absolute atomic E-state index is 0.0102. The minimum atomic E-state index is -3.53. The van der Waals surface area contributed by atoms with E-state index in [9.17, 15) is 13.2 Å². The van der Waals surface area contributed by atoms with Gasteiger partial charge in [0.25, 0.3) is 10.2 Å². The molecule has 0 aromatic rings. The summed E-state index contributed by atoms with van der Waals surface area (Å²) in [5.41, 5.74) is 0. The first-order valence-electron chi connectivity index (χ1n) is 5.57. The van der Waals surface area contributed by atoms with E-state index in [0.717, 1.165) is 10.7 Å². The number of hydrogen-bond donors (Lipinski definition) is 1. The van der Waals surface area contributed by atoms with Crippen molar-refractivity contribution in [1.82, 2.24) is 8.61 Å². The van der Waals surface area contributed by atoms with E-state index in [0.29, 0.717) is 12.5 Å². The largest absolute Gasteiger partial charge is 0.481 e. The Morgan fingerprint density at radius 3 is 2.06 bits per heavy atom. The minimum Gasteiger partial charge on any atom is -0.481 e. The van der Waals surface area contributed by atoms with Gasteiger partial charge in [0, 0.05) is 27.2 Å². The zero-order valence-electron chi connectivity index (χ0n) is 10.9. The lowest BCUT2D eigenvalue weighted by Crippen LogP contribution is -2.41. The van der Waals surface area contributed by atoms with E-state index in [1.54, 1.807) is 0 Å². The molecule has 0 rings (SSSR count). The molecule has 17 heavy (non-hydrogen) atoms. The maximum absolute atomic E-state index is 11.9. The Kier molecular flexibility index (Phi) is 6.66. The molecule has 0 saturated carbocycles. The molecule has 0 fully saturated rings. The number of aliphatic carboxylic acids is 1. The van der Waals surface area contributed by atoms with Crippen LogP contribution in [-0.2, 0) is 15.0 Å². The lowest BCUT2D eigenvalue weighted by Gasteiger charge is -2.24. The van der Waals surface area contributed by atoms with Crippen molar-refractivity contribution in [3.63, 3.8) is 0 Å². The van der Waals surface area contributed by atoms with Crippen LogP contribution >= 0.6 is 0 Å². The predicted octanol–water partition coefficient (Wildman–Crippen LogP) is 0.616. The standard InChI is InChI=1S/C10H22N2O4S/c1-9(2)5-7-11(3)17(15,16)12(4)8-6-10(13)14/h9H,5-8H2,1-4H3,(H,13,14). The Morgan fingerprint density at radius 1 is 1.18 bits per heavy atom. The molecule has 0 aromatic heterocycles. The van der Waals surface area contributed by atoms with E-state index >= 15 is 0 Å². The van der Waals surface area contributed by atoms with Crippen LogP contribution in [0.1, 0.15) is 26.7 Å². The van der Waals surface area contributed by atoms with Gasteiger partial charge in [-0.3, -0.25) is 4.79 Å². The van der Waals surface area contributed by atoms with Gasteiger partial charge in [-0.15, -0.1) is 0 Å². The third-order valence-corrected chi connectivity index (χ3v) is 4.39. The number of carboxylic acid groups (broad SMARTS) is 1. The highest BCUT2D eigenvalue weighted by Crippen LogP contribution is 2.08. The van der Waals surface area contributed by atoms with Gasteiger partial charge in [-0.1, -0.05) is 13.8 Å². The van der Waals surface area contributed by atoms with Crippen molar-refractivity contribution >= 4 is 16.2 Å². The van der Waals surface area contributed by atoms with E-state index < -0.39 is 16.2 Å². The quantitative estimate of drug-likeness (QED) is 0.698. The monoisotopic (exact) mass is 266 g/mol. The molecule has 0 spiro atoms.